The van der Waals surface area contributed by atoms with Crippen molar-refractivity contribution in [3.63, 3.8) is 0 Å². The van der Waals surface area contributed by atoms with Crippen LogP contribution in [0.5, 0.6) is 11.5 Å². The molecule has 2 rings (SSSR count). The van der Waals surface area contributed by atoms with Crippen molar-refractivity contribution in [2.75, 3.05) is 20.8 Å². The second kappa shape index (κ2) is 8.65. The third-order valence-electron chi connectivity index (χ3n) is 3.76. The molecule has 0 aliphatic carbocycles. The summed E-state index contributed by atoms with van der Waals surface area (Å²) in [5.41, 5.74) is 9.81. The van der Waals surface area contributed by atoms with Gasteiger partial charge in [-0.1, -0.05) is 6.07 Å². The number of aryl methyl sites for hydroxylation is 1. The summed E-state index contributed by atoms with van der Waals surface area (Å²) in [5.74, 6) is 1.17. The van der Waals surface area contributed by atoms with E-state index in [1.807, 2.05) is 18.5 Å². The molecule has 1 atom stereocenters. The molecule has 0 aliphatic heterocycles. The largest absolute Gasteiger partial charge is 0.493 e. The highest BCUT2D eigenvalue weighted by molar-refractivity contribution is 7.09. The van der Waals surface area contributed by atoms with Gasteiger partial charge in [0.1, 0.15) is 0 Å². The third kappa shape index (κ3) is 4.69. The lowest BCUT2D eigenvalue weighted by Gasteiger charge is -2.15. The average Bonchev–Trinajstić information content (AvgIpc) is 2.99. The Hall–Kier alpha value is -2.12. The Balaban J connectivity index is 1.86. The molecule has 1 aromatic heterocycles. The molecule has 24 heavy (non-hydrogen) atoms. The normalized spacial score (nSPS) is 11.8. The van der Waals surface area contributed by atoms with Crippen molar-refractivity contribution in [3.05, 3.63) is 39.8 Å². The molecular weight excluding hydrogens is 326 g/mol. The Kier molecular flexibility index (Phi) is 6.57. The fourth-order valence-electron chi connectivity index (χ4n) is 2.35. The van der Waals surface area contributed by atoms with Crippen LogP contribution < -0.4 is 20.5 Å². The van der Waals surface area contributed by atoms with Crippen LogP contribution in [-0.4, -0.2) is 31.7 Å². The molecule has 1 amide bonds. The molecule has 0 saturated heterocycles. The lowest BCUT2D eigenvalue weighted by Crippen LogP contribution is -2.29. The summed E-state index contributed by atoms with van der Waals surface area (Å²) in [5, 5.41) is 2.90. The molecule has 0 aliphatic rings. The number of nitrogens with two attached hydrogens (primary N) is 1. The maximum atomic E-state index is 12.1. The molecule has 0 spiro atoms. The molecule has 0 bridgehead atoms. The van der Waals surface area contributed by atoms with Gasteiger partial charge in [0.2, 0.25) is 5.91 Å². The fraction of sp³-hybridized carbons (Fsp3) is 0.412. The molecule has 0 saturated carbocycles. The van der Waals surface area contributed by atoms with Gasteiger partial charge in [-0.05, 0) is 24.6 Å². The number of carbonyl (C=O) groups is 1. The molecule has 3 N–H and O–H groups in total. The van der Waals surface area contributed by atoms with Crippen molar-refractivity contribution < 1.29 is 14.3 Å². The number of amides is 1. The van der Waals surface area contributed by atoms with E-state index in [9.17, 15) is 4.79 Å². The van der Waals surface area contributed by atoms with Crippen LogP contribution in [0.25, 0.3) is 0 Å². The van der Waals surface area contributed by atoms with Gasteiger partial charge >= 0.3 is 0 Å². The Morgan fingerprint density at radius 3 is 2.71 bits per heavy atom. The van der Waals surface area contributed by atoms with Crippen LogP contribution in [-0.2, 0) is 11.2 Å². The van der Waals surface area contributed by atoms with E-state index in [4.69, 9.17) is 15.2 Å². The number of thiazole rings is 1. The van der Waals surface area contributed by atoms with E-state index in [0.29, 0.717) is 18.0 Å². The van der Waals surface area contributed by atoms with Gasteiger partial charge in [0, 0.05) is 30.3 Å². The Bertz CT molecular complexity index is 687. The molecule has 0 radical (unpaired) electrons. The third-order valence-corrected chi connectivity index (χ3v) is 4.76. The number of hydrogen-bond donors (Lipinski definition) is 2. The van der Waals surface area contributed by atoms with Crippen molar-refractivity contribution in [3.8, 4) is 11.5 Å². The predicted molar refractivity (Wildman–Crippen MR) is 94.7 cm³/mol. The molecule has 6 nitrogen and oxygen atoms in total. The molecule has 1 unspecified atom stereocenters. The highest BCUT2D eigenvalue weighted by Gasteiger charge is 2.14. The zero-order valence-electron chi connectivity index (χ0n) is 14.2. The minimum absolute atomic E-state index is 0.0700. The van der Waals surface area contributed by atoms with Crippen LogP contribution in [0.1, 0.15) is 28.6 Å². The van der Waals surface area contributed by atoms with E-state index in [2.05, 4.69) is 10.3 Å². The lowest BCUT2D eigenvalue weighted by atomic mass is 10.0. The predicted octanol–water partition coefficient (Wildman–Crippen LogP) is 2.22. The van der Waals surface area contributed by atoms with E-state index in [1.54, 1.807) is 37.7 Å². The summed E-state index contributed by atoms with van der Waals surface area (Å²) in [4.78, 5) is 17.4. The second-order valence-corrected chi connectivity index (χ2v) is 6.33. The van der Waals surface area contributed by atoms with Crippen molar-refractivity contribution in [2.45, 2.75) is 25.8 Å². The van der Waals surface area contributed by atoms with Crippen molar-refractivity contribution in [1.82, 2.24) is 10.3 Å². The monoisotopic (exact) mass is 349 g/mol. The average molecular weight is 349 g/mol. The van der Waals surface area contributed by atoms with Gasteiger partial charge in [0.25, 0.3) is 0 Å². The van der Waals surface area contributed by atoms with E-state index in [0.717, 1.165) is 17.7 Å². The summed E-state index contributed by atoms with van der Waals surface area (Å²) in [7, 11) is 3.15. The quantitative estimate of drug-likeness (QED) is 0.763. The summed E-state index contributed by atoms with van der Waals surface area (Å²) in [6, 6.07) is 5.05. The first-order valence-electron chi connectivity index (χ1n) is 7.68. The Labute approximate surface area is 146 Å². The fourth-order valence-corrected chi connectivity index (χ4v) is 3.14. The number of carbonyl (C=O) groups excluding carboxylic acids is 1. The van der Waals surface area contributed by atoms with E-state index < -0.39 is 6.04 Å². The zero-order chi connectivity index (χ0) is 17.5. The van der Waals surface area contributed by atoms with Gasteiger partial charge in [0.15, 0.2) is 11.5 Å². The molecule has 130 valence electrons. The topological polar surface area (TPSA) is 86.5 Å². The van der Waals surface area contributed by atoms with E-state index in [-0.39, 0.29) is 12.3 Å². The zero-order valence-corrected chi connectivity index (χ0v) is 15.0. The number of nitrogens with zero attached hydrogens (tertiary/aromatic N) is 1. The molecule has 1 heterocycles. The molecule has 2 aromatic rings. The SMILES string of the molecule is COc1ccc(C(N)CC(=O)NCCc2scnc2C)cc1OC. The second-order valence-electron chi connectivity index (χ2n) is 5.39. The number of nitrogens with one attached hydrogen (secondary N) is 1. The van der Waals surface area contributed by atoms with Gasteiger partial charge in [-0.15, -0.1) is 11.3 Å². The van der Waals surface area contributed by atoms with Gasteiger partial charge < -0.3 is 20.5 Å². The van der Waals surface area contributed by atoms with Gasteiger partial charge in [-0.3, -0.25) is 4.79 Å². The first-order valence-corrected chi connectivity index (χ1v) is 8.56. The number of hydrogen-bond acceptors (Lipinski definition) is 6. The number of rotatable bonds is 8. The standard InChI is InChI=1S/C17H23N3O3S/c1-11-16(24-10-20-11)6-7-19-17(21)9-13(18)12-4-5-14(22-2)15(8-12)23-3/h4-5,8,10,13H,6-7,9,18H2,1-3H3,(H,19,21). The van der Waals surface area contributed by atoms with Crippen LogP contribution in [0.2, 0.25) is 0 Å². The van der Waals surface area contributed by atoms with Gasteiger partial charge in [0.05, 0.1) is 25.4 Å². The summed E-state index contributed by atoms with van der Waals surface area (Å²) in [6.07, 6.45) is 1.00. The van der Waals surface area contributed by atoms with Crippen molar-refractivity contribution in [1.29, 1.82) is 0 Å². The number of benzene rings is 1. The highest BCUT2D eigenvalue weighted by Crippen LogP contribution is 2.30. The molecular formula is C17H23N3O3S. The molecule has 7 heteroatoms. The minimum Gasteiger partial charge on any atom is -0.493 e. The first-order chi connectivity index (χ1) is 11.5. The van der Waals surface area contributed by atoms with Gasteiger partial charge in [-0.25, -0.2) is 4.98 Å². The summed E-state index contributed by atoms with van der Waals surface area (Å²) >= 11 is 1.61. The van der Waals surface area contributed by atoms with Crippen LogP contribution in [0.4, 0.5) is 0 Å². The highest BCUT2D eigenvalue weighted by atomic mass is 32.1. The van der Waals surface area contributed by atoms with Crippen molar-refractivity contribution in [2.24, 2.45) is 5.73 Å². The summed E-state index contributed by atoms with van der Waals surface area (Å²) < 4.78 is 10.5. The molecule has 0 fully saturated rings. The van der Waals surface area contributed by atoms with Crippen LogP contribution in [0, 0.1) is 6.92 Å². The maximum absolute atomic E-state index is 12.1. The smallest absolute Gasteiger partial charge is 0.221 e. The van der Waals surface area contributed by atoms with Gasteiger partial charge in [-0.2, -0.15) is 0 Å². The lowest BCUT2D eigenvalue weighted by molar-refractivity contribution is -0.121. The summed E-state index contributed by atoms with van der Waals surface area (Å²) in [6.45, 7) is 2.56. The molecule has 1 aromatic carbocycles. The number of aromatic nitrogens is 1. The maximum Gasteiger partial charge on any atom is 0.221 e. The Morgan fingerprint density at radius 2 is 2.08 bits per heavy atom. The van der Waals surface area contributed by atoms with Crippen LogP contribution in [0.3, 0.4) is 0 Å². The number of methoxy groups -OCH3 is 2. The van der Waals surface area contributed by atoms with Crippen LogP contribution >= 0.6 is 11.3 Å². The minimum atomic E-state index is -0.394. The van der Waals surface area contributed by atoms with E-state index in [1.165, 1.54) is 4.88 Å². The number of ether oxygens (including phenoxy) is 2. The first kappa shape index (κ1) is 18.2. The Morgan fingerprint density at radius 1 is 1.33 bits per heavy atom. The van der Waals surface area contributed by atoms with Crippen molar-refractivity contribution >= 4 is 17.2 Å². The van der Waals surface area contributed by atoms with E-state index >= 15 is 0 Å². The van der Waals surface area contributed by atoms with Crippen LogP contribution in [0.15, 0.2) is 23.7 Å².